The van der Waals surface area contributed by atoms with Crippen molar-refractivity contribution >= 4 is 11.7 Å². The maximum atomic E-state index is 11.4. The fourth-order valence-corrected chi connectivity index (χ4v) is 2.37. The summed E-state index contributed by atoms with van der Waals surface area (Å²) in [5.41, 5.74) is 7.73. The first-order valence-electron chi connectivity index (χ1n) is 6.33. The lowest BCUT2D eigenvalue weighted by Crippen LogP contribution is -2.25. The Morgan fingerprint density at radius 3 is 2.83 bits per heavy atom. The molecule has 1 aromatic rings. The molecule has 4 heteroatoms. The highest BCUT2D eigenvalue weighted by Crippen LogP contribution is 2.18. The highest BCUT2D eigenvalue weighted by atomic mass is 16.5. The van der Waals surface area contributed by atoms with Crippen LogP contribution >= 0.6 is 0 Å². The van der Waals surface area contributed by atoms with Gasteiger partial charge < -0.3 is 15.4 Å². The fraction of sp³-hybridized carbons (Fsp3) is 0.500. The quantitative estimate of drug-likeness (QED) is 0.644. The van der Waals surface area contributed by atoms with Crippen molar-refractivity contribution in [3.63, 3.8) is 0 Å². The van der Waals surface area contributed by atoms with Crippen molar-refractivity contribution in [3.05, 3.63) is 29.8 Å². The normalized spacial score (nSPS) is 19.9. The molecule has 1 aliphatic heterocycles. The van der Waals surface area contributed by atoms with Crippen molar-refractivity contribution in [2.75, 3.05) is 32.5 Å². The molecule has 1 fully saturated rings. The molecule has 98 valence electrons. The van der Waals surface area contributed by atoms with E-state index in [1.807, 2.05) is 12.1 Å². The van der Waals surface area contributed by atoms with Crippen LogP contribution in [0.15, 0.2) is 24.3 Å². The predicted molar refractivity (Wildman–Crippen MR) is 71.1 cm³/mol. The Bertz CT molecular complexity index is 403. The van der Waals surface area contributed by atoms with Gasteiger partial charge in [0, 0.05) is 18.8 Å². The predicted octanol–water partition coefficient (Wildman–Crippen LogP) is 1.31. The molecule has 0 aromatic heterocycles. The van der Waals surface area contributed by atoms with Crippen LogP contribution in [0.1, 0.15) is 12.0 Å². The second-order valence-electron chi connectivity index (χ2n) is 4.80. The first kappa shape index (κ1) is 12.9. The number of rotatable bonds is 4. The molecule has 2 N–H and O–H groups in total. The molecule has 1 aliphatic rings. The third-order valence-corrected chi connectivity index (χ3v) is 3.50. The van der Waals surface area contributed by atoms with E-state index in [1.54, 1.807) is 0 Å². The molecular weight excluding hydrogens is 228 g/mol. The van der Waals surface area contributed by atoms with Gasteiger partial charge in [0.05, 0.1) is 13.0 Å². The van der Waals surface area contributed by atoms with Crippen molar-refractivity contribution in [2.45, 2.75) is 12.8 Å². The van der Waals surface area contributed by atoms with Gasteiger partial charge in [-0.05, 0) is 37.1 Å². The number of ether oxygens (including phenoxy) is 1. The fourth-order valence-electron chi connectivity index (χ4n) is 2.37. The molecule has 1 aromatic carbocycles. The minimum atomic E-state index is -0.0787. The van der Waals surface area contributed by atoms with E-state index in [0.717, 1.165) is 38.2 Å². The van der Waals surface area contributed by atoms with Crippen LogP contribution in [0.25, 0.3) is 0 Å². The Labute approximate surface area is 108 Å². The van der Waals surface area contributed by atoms with Gasteiger partial charge in [0.25, 0.3) is 0 Å². The smallest absolute Gasteiger partial charge is 0.310 e. The highest BCUT2D eigenvalue weighted by molar-refractivity contribution is 5.72. The highest BCUT2D eigenvalue weighted by Gasteiger charge is 2.28. The topological polar surface area (TPSA) is 55.6 Å². The van der Waals surface area contributed by atoms with E-state index in [0.29, 0.717) is 0 Å². The molecule has 0 aliphatic carbocycles. The standard InChI is InChI=1S/C14H20N2O2/c1-18-14(17)12-7-9-16(10-12)8-6-11-2-4-13(15)5-3-11/h2-5,12H,6-10,15H2,1H3. The Balaban J connectivity index is 1.78. The van der Waals surface area contributed by atoms with Crippen LogP contribution in [0, 0.1) is 5.92 Å². The van der Waals surface area contributed by atoms with E-state index >= 15 is 0 Å². The summed E-state index contributed by atoms with van der Waals surface area (Å²) >= 11 is 0. The van der Waals surface area contributed by atoms with Gasteiger partial charge in [-0.25, -0.2) is 0 Å². The number of nitrogens with two attached hydrogens (primary N) is 1. The molecule has 4 nitrogen and oxygen atoms in total. The minimum Gasteiger partial charge on any atom is -0.469 e. The van der Waals surface area contributed by atoms with Crippen LogP contribution in [0.2, 0.25) is 0 Å². The molecule has 0 saturated carbocycles. The number of carbonyl (C=O) groups excluding carboxylic acids is 1. The van der Waals surface area contributed by atoms with Crippen molar-refractivity contribution in [3.8, 4) is 0 Å². The van der Waals surface area contributed by atoms with Crippen molar-refractivity contribution in [1.82, 2.24) is 4.90 Å². The number of esters is 1. The molecule has 0 radical (unpaired) electrons. The molecule has 1 atom stereocenters. The van der Waals surface area contributed by atoms with E-state index in [1.165, 1.54) is 12.7 Å². The van der Waals surface area contributed by atoms with Gasteiger partial charge >= 0.3 is 5.97 Å². The Kier molecular flexibility index (Phi) is 4.20. The van der Waals surface area contributed by atoms with Crippen LogP contribution in [-0.2, 0) is 16.0 Å². The lowest BCUT2D eigenvalue weighted by atomic mass is 10.1. The van der Waals surface area contributed by atoms with E-state index < -0.39 is 0 Å². The van der Waals surface area contributed by atoms with E-state index in [9.17, 15) is 4.79 Å². The number of hydrogen-bond donors (Lipinski definition) is 1. The second-order valence-corrected chi connectivity index (χ2v) is 4.80. The average Bonchev–Trinajstić information content (AvgIpc) is 2.86. The van der Waals surface area contributed by atoms with E-state index in [2.05, 4.69) is 17.0 Å². The van der Waals surface area contributed by atoms with Crippen LogP contribution in [0.3, 0.4) is 0 Å². The van der Waals surface area contributed by atoms with Crippen LogP contribution in [0.4, 0.5) is 5.69 Å². The van der Waals surface area contributed by atoms with Gasteiger partial charge in [0.15, 0.2) is 0 Å². The Morgan fingerprint density at radius 2 is 2.17 bits per heavy atom. The summed E-state index contributed by atoms with van der Waals surface area (Å²) in [5.74, 6) is -0.0218. The van der Waals surface area contributed by atoms with Crippen LogP contribution < -0.4 is 5.73 Å². The molecule has 1 unspecified atom stereocenters. The van der Waals surface area contributed by atoms with Gasteiger partial charge in [0.1, 0.15) is 0 Å². The molecule has 0 bridgehead atoms. The van der Waals surface area contributed by atoms with Gasteiger partial charge in [-0.2, -0.15) is 0 Å². The summed E-state index contributed by atoms with van der Waals surface area (Å²) < 4.78 is 4.78. The number of hydrogen-bond acceptors (Lipinski definition) is 4. The maximum Gasteiger partial charge on any atom is 0.310 e. The summed E-state index contributed by atoms with van der Waals surface area (Å²) in [7, 11) is 1.46. The number of benzene rings is 1. The lowest BCUT2D eigenvalue weighted by Gasteiger charge is -2.15. The molecular formula is C14H20N2O2. The van der Waals surface area contributed by atoms with Crippen molar-refractivity contribution in [2.24, 2.45) is 5.92 Å². The van der Waals surface area contributed by atoms with Crippen molar-refractivity contribution in [1.29, 1.82) is 0 Å². The monoisotopic (exact) mass is 248 g/mol. The number of likely N-dealkylation sites (tertiary alicyclic amines) is 1. The van der Waals surface area contributed by atoms with Crippen LogP contribution in [-0.4, -0.2) is 37.6 Å². The third kappa shape index (κ3) is 3.23. The zero-order valence-electron chi connectivity index (χ0n) is 10.8. The Morgan fingerprint density at radius 1 is 1.44 bits per heavy atom. The van der Waals surface area contributed by atoms with Crippen LogP contribution in [0.5, 0.6) is 0 Å². The number of methoxy groups -OCH3 is 1. The number of nitrogens with zero attached hydrogens (tertiary/aromatic N) is 1. The summed E-state index contributed by atoms with van der Waals surface area (Å²) in [5, 5.41) is 0. The molecule has 0 amide bonds. The first-order valence-corrected chi connectivity index (χ1v) is 6.33. The number of carbonyl (C=O) groups is 1. The van der Waals surface area contributed by atoms with Gasteiger partial charge in [-0.15, -0.1) is 0 Å². The average molecular weight is 248 g/mol. The van der Waals surface area contributed by atoms with E-state index in [-0.39, 0.29) is 11.9 Å². The minimum absolute atomic E-state index is 0.0569. The largest absolute Gasteiger partial charge is 0.469 e. The molecule has 1 saturated heterocycles. The zero-order valence-corrected chi connectivity index (χ0v) is 10.8. The molecule has 1 heterocycles. The van der Waals surface area contributed by atoms with E-state index in [4.69, 9.17) is 10.5 Å². The second kappa shape index (κ2) is 5.87. The third-order valence-electron chi connectivity index (χ3n) is 3.50. The SMILES string of the molecule is COC(=O)C1CCN(CCc2ccc(N)cc2)C1. The maximum absolute atomic E-state index is 11.4. The summed E-state index contributed by atoms with van der Waals surface area (Å²) in [6.45, 7) is 2.79. The molecule has 0 spiro atoms. The zero-order chi connectivity index (χ0) is 13.0. The summed E-state index contributed by atoms with van der Waals surface area (Å²) in [6.07, 6.45) is 1.91. The van der Waals surface area contributed by atoms with Gasteiger partial charge in [-0.1, -0.05) is 12.1 Å². The molecule has 18 heavy (non-hydrogen) atoms. The van der Waals surface area contributed by atoms with Gasteiger partial charge in [-0.3, -0.25) is 4.79 Å². The summed E-state index contributed by atoms with van der Waals surface area (Å²) in [6, 6.07) is 7.97. The Hall–Kier alpha value is -1.55. The van der Waals surface area contributed by atoms with Gasteiger partial charge in [0.2, 0.25) is 0 Å². The van der Waals surface area contributed by atoms with Crippen molar-refractivity contribution < 1.29 is 9.53 Å². The number of anilines is 1. The first-order chi connectivity index (χ1) is 8.69. The molecule has 2 rings (SSSR count). The summed E-state index contributed by atoms with van der Waals surface area (Å²) in [4.78, 5) is 13.7. The number of nitrogen functional groups attached to an aromatic ring is 1. The lowest BCUT2D eigenvalue weighted by molar-refractivity contribution is -0.144.